The summed E-state index contributed by atoms with van der Waals surface area (Å²) >= 11 is 0. The van der Waals surface area contributed by atoms with Gasteiger partial charge in [-0.15, -0.1) is 0 Å². The summed E-state index contributed by atoms with van der Waals surface area (Å²) < 4.78 is 5.92. The summed E-state index contributed by atoms with van der Waals surface area (Å²) in [4.78, 5) is 58.5. The summed E-state index contributed by atoms with van der Waals surface area (Å²) in [5, 5.41) is 0. The lowest BCUT2D eigenvalue weighted by Crippen LogP contribution is -2.57. The van der Waals surface area contributed by atoms with Crippen LogP contribution in [0, 0.1) is 5.41 Å². The fourth-order valence-electron chi connectivity index (χ4n) is 6.81. The average Bonchev–Trinajstić information content (AvgIpc) is 3.58. The van der Waals surface area contributed by atoms with Gasteiger partial charge in [0.15, 0.2) is 0 Å². The molecule has 2 heterocycles. The molecule has 0 N–H and O–H groups in total. The third-order valence-corrected chi connectivity index (χ3v) is 9.15. The maximum Gasteiger partial charge on any atom is 0.314 e. The fourth-order valence-corrected chi connectivity index (χ4v) is 6.81. The van der Waals surface area contributed by atoms with Crippen LogP contribution >= 0.6 is 0 Å². The molecule has 2 aliphatic heterocycles. The van der Waals surface area contributed by atoms with Crippen molar-refractivity contribution < 1.29 is 23.9 Å². The Bertz CT molecular complexity index is 1420. The number of likely N-dealkylation sites (tertiary alicyclic amines) is 1. The lowest BCUT2D eigenvalue weighted by Gasteiger charge is -2.43. The first-order valence-electron chi connectivity index (χ1n) is 14.9. The van der Waals surface area contributed by atoms with E-state index in [4.69, 9.17) is 4.74 Å². The predicted molar refractivity (Wildman–Crippen MR) is 159 cm³/mol. The molecule has 5 rings (SSSR count). The molecule has 0 bridgehead atoms. The van der Waals surface area contributed by atoms with Crippen LogP contribution in [-0.4, -0.2) is 45.6 Å². The highest BCUT2D eigenvalue weighted by atomic mass is 16.5. The molecule has 42 heavy (non-hydrogen) atoms. The van der Waals surface area contributed by atoms with Gasteiger partial charge in [-0.3, -0.25) is 24.1 Å². The molecular formula is C35H38N2O5. The van der Waals surface area contributed by atoms with E-state index in [1.807, 2.05) is 86.3 Å². The zero-order valence-electron chi connectivity index (χ0n) is 24.5. The van der Waals surface area contributed by atoms with E-state index in [1.54, 1.807) is 24.3 Å². The largest absolute Gasteiger partial charge is 0.460 e. The molecule has 0 spiro atoms. The summed E-state index contributed by atoms with van der Waals surface area (Å²) in [6.45, 7) is 5.90. The maximum absolute atomic E-state index is 14.7. The number of amides is 3. The third-order valence-electron chi connectivity index (χ3n) is 9.15. The van der Waals surface area contributed by atoms with Crippen LogP contribution in [0.15, 0.2) is 84.9 Å². The van der Waals surface area contributed by atoms with Crippen molar-refractivity contribution in [2.45, 2.75) is 77.6 Å². The number of hydrogen-bond donors (Lipinski definition) is 0. The Labute approximate surface area is 247 Å². The van der Waals surface area contributed by atoms with E-state index in [2.05, 4.69) is 0 Å². The highest BCUT2D eigenvalue weighted by Crippen LogP contribution is 2.48. The Morgan fingerprint density at radius 3 is 1.90 bits per heavy atom. The number of hydrogen-bond acceptors (Lipinski definition) is 5. The number of ether oxygens (including phenoxy) is 1. The first-order chi connectivity index (χ1) is 20.4. The highest BCUT2D eigenvalue weighted by molar-refractivity contribution is 6.22. The molecule has 3 aromatic rings. The Kier molecular flexibility index (Phi) is 8.57. The zero-order valence-corrected chi connectivity index (χ0v) is 24.5. The maximum atomic E-state index is 14.7. The van der Waals surface area contributed by atoms with Crippen molar-refractivity contribution in [1.29, 1.82) is 0 Å². The second kappa shape index (κ2) is 12.3. The van der Waals surface area contributed by atoms with Crippen molar-refractivity contribution in [2.75, 3.05) is 0 Å². The van der Waals surface area contributed by atoms with Crippen LogP contribution in [0.25, 0.3) is 0 Å². The van der Waals surface area contributed by atoms with E-state index < -0.39 is 29.3 Å². The van der Waals surface area contributed by atoms with Crippen molar-refractivity contribution in [3.8, 4) is 0 Å². The lowest BCUT2D eigenvalue weighted by molar-refractivity contribution is -0.165. The highest BCUT2D eigenvalue weighted by Gasteiger charge is 2.55. The van der Waals surface area contributed by atoms with Crippen molar-refractivity contribution >= 4 is 23.7 Å². The molecule has 1 fully saturated rings. The predicted octanol–water partition coefficient (Wildman–Crippen LogP) is 6.34. The molecule has 0 radical (unpaired) electrons. The smallest absolute Gasteiger partial charge is 0.314 e. The summed E-state index contributed by atoms with van der Waals surface area (Å²) in [6.07, 6.45) is 2.49. The van der Waals surface area contributed by atoms with Gasteiger partial charge in [0.2, 0.25) is 5.91 Å². The van der Waals surface area contributed by atoms with E-state index in [0.29, 0.717) is 36.8 Å². The van der Waals surface area contributed by atoms with Crippen molar-refractivity contribution in [3.05, 3.63) is 107 Å². The van der Waals surface area contributed by atoms with E-state index in [-0.39, 0.29) is 30.9 Å². The second-order valence-corrected chi connectivity index (χ2v) is 11.1. The van der Waals surface area contributed by atoms with Crippen LogP contribution in [0.2, 0.25) is 0 Å². The first kappa shape index (κ1) is 29.2. The molecule has 3 aromatic carbocycles. The second-order valence-electron chi connectivity index (χ2n) is 11.1. The van der Waals surface area contributed by atoms with Gasteiger partial charge in [-0.05, 0) is 55.4 Å². The van der Waals surface area contributed by atoms with E-state index >= 15 is 0 Å². The van der Waals surface area contributed by atoms with Crippen LogP contribution in [-0.2, 0) is 20.9 Å². The number of nitrogens with zero attached hydrogens (tertiary/aromatic N) is 2. The number of carbonyl (C=O) groups is 4. The number of esters is 1. The minimum absolute atomic E-state index is 0.150. The van der Waals surface area contributed by atoms with Gasteiger partial charge < -0.3 is 9.64 Å². The zero-order chi connectivity index (χ0) is 29.9. The van der Waals surface area contributed by atoms with Gasteiger partial charge in [0.05, 0.1) is 22.6 Å². The van der Waals surface area contributed by atoms with E-state index in [1.165, 1.54) is 0 Å². The van der Waals surface area contributed by atoms with Gasteiger partial charge in [-0.25, -0.2) is 0 Å². The Morgan fingerprint density at radius 1 is 0.810 bits per heavy atom. The topological polar surface area (TPSA) is 84.0 Å². The van der Waals surface area contributed by atoms with Gasteiger partial charge in [0.25, 0.3) is 11.8 Å². The Hall–Kier alpha value is -4.26. The van der Waals surface area contributed by atoms with Gasteiger partial charge in [0.1, 0.15) is 12.6 Å². The minimum Gasteiger partial charge on any atom is -0.460 e. The molecule has 0 unspecified atom stereocenters. The summed E-state index contributed by atoms with van der Waals surface area (Å²) in [5.74, 6) is -1.56. The molecular weight excluding hydrogens is 528 g/mol. The SMILES string of the molecule is CC[C@H](C(=O)N1[C@H](c2ccccc2)CC[C@@H]1C(CC)(CC)C(=O)OCc1ccccc1)N1C(=O)c2ccccc2C1=O. The van der Waals surface area contributed by atoms with Crippen LogP contribution in [0.5, 0.6) is 0 Å². The molecule has 218 valence electrons. The number of rotatable bonds is 10. The molecule has 3 amide bonds. The fraction of sp³-hybridized carbons (Fsp3) is 0.371. The van der Waals surface area contributed by atoms with Crippen LogP contribution in [0.3, 0.4) is 0 Å². The molecule has 2 aliphatic rings. The number of imide groups is 1. The van der Waals surface area contributed by atoms with E-state index in [0.717, 1.165) is 16.0 Å². The van der Waals surface area contributed by atoms with Crippen molar-refractivity contribution in [3.63, 3.8) is 0 Å². The Balaban J connectivity index is 1.52. The number of carbonyl (C=O) groups excluding carboxylic acids is 4. The molecule has 7 heteroatoms. The summed E-state index contributed by atoms with van der Waals surface area (Å²) in [7, 11) is 0. The molecule has 1 saturated heterocycles. The van der Waals surface area contributed by atoms with Crippen LogP contribution in [0.4, 0.5) is 0 Å². The van der Waals surface area contributed by atoms with E-state index in [9.17, 15) is 19.2 Å². The average molecular weight is 567 g/mol. The minimum atomic E-state index is -0.990. The summed E-state index contributed by atoms with van der Waals surface area (Å²) in [6, 6.07) is 24.3. The Morgan fingerprint density at radius 2 is 1.36 bits per heavy atom. The van der Waals surface area contributed by atoms with Gasteiger partial charge >= 0.3 is 5.97 Å². The van der Waals surface area contributed by atoms with Crippen molar-refractivity contribution in [2.24, 2.45) is 5.41 Å². The molecule has 0 aromatic heterocycles. The quantitative estimate of drug-likeness (QED) is 0.211. The molecule has 0 aliphatic carbocycles. The van der Waals surface area contributed by atoms with Gasteiger partial charge in [-0.1, -0.05) is 93.6 Å². The third kappa shape index (κ3) is 5.02. The van der Waals surface area contributed by atoms with Crippen LogP contribution in [0.1, 0.15) is 90.8 Å². The van der Waals surface area contributed by atoms with Gasteiger partial charge in [-0.2, -0.15) is 0 Å². The lowest BCUT2D eigenvalue weighted by atomic mass is 9.74. The molecule has 0 saturated carbocycles. The standard InChI is InChI=1S/C35H38N2O5/c1-4-28(37-31(38)26-19-13-14-20-27(26)32(37)39)33(40)36-29(25-17-11-8-12-18-25)21-22-30(36)35(5-2,6-3)34(41)42-23-24-15-9-7-10-16-24/h7-20,28-30H,4-6,21-23H2,1-3H3/t28-,29+,30-/m1/s1. The van der Waals surface area contributed by atoms with Crippen LogP contribution < -0.4 is 0 Å². The number of fused-ring (bicyclic) bond motifs is 1. The molecule has 7 nitrogen and oxygen atoms in total. The van der Waals surface area contributed by atoms with Crippen molar-refractivity contribution in [1.82, 2.24) is 9.80 Å². The first-order valence-corrected chi connectivity index (χ1v) is 14.9. The summed E-state index contributed by atoms with van der Waals surface area (Å²) in [5.41, 5.74) is 1.53. The van der Waals surface area contributed by atoms with Gasteiger partial charge in [0, 0.05) is 6.04 Å². The normalized spacial score (nSPS) is 19.1. The molecule has 3 atom stereocenters. The number of benzene rings is 3. The monoisotopic (exact) mass is 566 g/mol.